The van der Waals surface area contributed by atoms with Crippen LogP contribution in [0.1, 0.15) is 24.2 Å². The molecule has 16 heavy (non-hydrogen) atoms. The van der Waals surface area contributed by atoms with Gasteiger partial charge in [0.05, 0.1) is 5.56 Å². The van der Waals surface area contributed by atoms with Crippen molar-refractivity contribution in [3.05, 3.63) is 34.9 Å². The summed E-state index contributed by atoms with van der Waals surface area (Å²) in [5.41, 5.74) is 0.222. The van der Waals surface area contributed by atoms with Gasteiger partial charge in [-0.1, -0.05) is 17.7 Å². The van der Waals surface area contributed by atoms with Crippen LogP contribution in [0.5, 0.6) is 0 Å². The molecule has 0 unspecified atom stereocenters. The number of carbonyl (C=O) groups excluding carboxylic acids is 1. The van der Waals surface area contributed by atoms with Gasteiger partial charge >= 0.3 is 5.97 Å². The van der Waals surface area contributed by atoms with Gasteiger partial charge in [0.15, 0.2) is 0 Å². The van der Waals surface area contributed by atoms with Crippen LogP contribution in [0.2, 0.25) is 5.02 Å². The number of ether oxygens (including phenoxy) is 1. The lowest BCUT2D eigenvalue weighted by Crippen LogP contribution is -2.00. The predicted octanol–water partition coefficient (Wildman–Crippen LogP) is 3.01. The van der Waals surface area contributed by atoms with Crippen molar-refractivity contribution in [1.82, 2.24) is 0 Å². The Morgan fingerprint density at radius 1 is 1.38 bits per heavy atom. The summed E-state index contributed by atoms with van der Waals surface area (Å²) in [6.45, 7) is 5.67. The van der Waals surface area contributed by atoms with E-state index in [1.807, 2.05) is 13.8 Å². The maximum absolute atomic E-state index is 10.6. The van der Waals surface area contributed by atoms with E-state index >= 15 is 0 Å². The summed E-state index contributed by atoms with van der Waals surface area (Å²) < 4.78 is 4.83. The van der Waals surface area contributed by atoms with Crippen LogP contribution >= 0.6 is 11.6 Å². The summed E-state index contributed by atoms with van der Waals surface area (Å²) in [5.74, 6) is -0.813. The van der Waals surface area contributed by atoms with Crippen LogP contribution in [0.25, 0.3) is 0 Å². The first-order chi connectivity index (χ1) is 7.65. The van der Waals surface area contributed by atoms with E-state index in [1.165, 1.54) is 12.1 Å². The average Bonchev–Trinajstić information content (AvgIpc) is 2.30. The Labute approximate surface area is 99.7 Å². The number of halogens is 1. The van der Waals surface area contributed by atoms with E-state index in [2.05, 4.69) is 4.89 Å². The number of rotatable bonds is 3. The molecule has 0 aromatic heterocycles. The molecule has 1 aromatic rings. The molecule has 1 rings (SSSR count). The molecule has 1 N–H and O–H groups in total. The number of benzene rings is 1. The number of carbonyl (C=O) groups is 1. The first-order valence-corrected chi connectivity index (χ1v) is 5.22. The highest BCUT2D eigenvalue weighted by Crippen LogP contribution is 2.10. The second-order valence-electron chi connectivity index (χ2n) is 2.67. The summed E-state index contributed by atoms with van der Waals surface area (Å²) in [5, 5.41) is 8.41. The highest BCUT2D eigenvalue weighted by molar-refractivity contribution is 6.30. The smallest absolute Gasteiger partial charge is 0.372 e. The van der Waals surface area contributed by atoms with Gasteiger partial charge in [-0.2, -0.15) is 5.26 Å². The van der Waals surface area contributed by atoms with E-state index in [9.17, 15) is 4.79 Å². The topological polar surface area (TPSA) is 55.8 Å². The summed E-state index contributed by atoms with van der Waals surface area (Å²) in [6, 6.07) is 6.11. The van der Waals surface area contributed by atoms with Gasteiger partial charge in [0, 0.05) is 18.2 Å². The molecule has 0 radical (unpaired) electrons. The molecule has 0 heterocycles. The van der Waals surface area contributed by atoms with Crippen LogP contribution in [0.4, 0.5) is 0 Å². The molecule has 0 aliphatic heterocycles. The molecule has 0 spiro atoms. The van der Waals surface area contributed by atoms with Gasteiger partial charge in [0.2, 0.25) is 0 Å². The van der Waals surface area contributed by atoms with Crippen LogP contribution in [-0.4, -0.2) is 24.4 Å². The zero-order chi connectivity index (χ0) is 12.4. The van der Waals surface area contributed by atoms with Crippen molar-refractivity contribution in [2.45, 2.75) is 13.8 Å². The lowest BCUT2D eigenvalue weighted by atomic mass is 10.2. The lowest BCUT2D eigenvalue weighted by Gasteiger charge is -1.95. The molecule has 90 valence electrons. The zero-order valence-corrected chi connectivity index (χ0v) is 10.0. The summed E-state index contributed by atoms with van der Waals surface area (Å²) in [4.78, 5) is 14.1. The lowest BCUT2D eigenvalue weighted by molar-refractivity contribution is -0.182. The van der Waals surface area contributed by atoms with Crippen molar-refractivity contribution in [3.63, 3.8) is 0 Å². The van der Waals surface area contributed by atoms with Crippen molar-refractivity contribution >= 4 is 17.6 Å². The zero-order valence-electron chi connectivity index (χ0n) is 9.27. The number of hydrogen-bond donors (Lipinski definition) is 1. The van der Waals surface area contributed by atoms with Crippen molar-refractivity contribution in [3.8, 4) is 0 Å². The highest BCUT2D eigenvalue weighted by Gasteiger charge is 2.05. The van der Waals surface area contributed by atoms with Gasteiger partial charge in [-0.25, -0.2) is 4.79 Å². The van der Waals surface area contributed by atoms with Crippen molar-refractivity contribution < 1.29 is 19.7 Å². The van der Waals surface area contributed by atoms with Gasteiger partial charge in [-0.05, 0) is 32.0 Å². The molecule has 0 aliphatic rings. The molecule has 5 heteroatoms. The van der Waals surface area contributed by atoms with Crippen LogP contribution in [0.15, 0.2) is 24.3 Å². The molecule has 4 nitrogen and oxygen atoms in total. The van der Waals surface area contributed by atoms with E-state index in [0.717, 1.165) is 13.2 Å². The maximum atomic E-state index is 10.6. The Kier molecular flexibility index (Phi) is 8.52. The SMILES string of the molecule is CCOCC.O=C(OO)c1cccc(Cl)c1. The maximum Gasteiger partial charge on any atom is 0.372 e. The second kappa shape index (κ2) is 9.15. The normalized spacial score (nSPS) is 9.00. The van der Waals surface area contributed by atoms with Gasteiger partial charge in [0.1, 0.15) is 0 Å². The van der Waals surface area contributed by atoms with E-state index in [-0.39, 0.29) is 5.56 Å². The molecule has 0 saturated heterocycles. The largest absolute Gasteiger partial charge is 0.382 e. The van der Waals surface area contributed by atoms with E-state index in [4.69, 9.17) is 21.6 Å². The minimum Gasteiger partial charge on any atom is -0.382 e. The monoisotopic (exact) mass is 246 g/mol. The minimum atomic E-state index is -0.813. The Bertz CT molecular complexity index is 313. The molecule has 1 aromatic carbocycles. The fraction of sp³-hybridized carbons (Fsp3) is 0.364. The molecule has 0 amide bonds. The van der Waals surface area contributed by atoms with Crippen molar-refractivity contribution in [2.24, 2.45) is 0 Å². The van der Waals surface area contributed by atoms with Crippen molar-refractivity contribution in [2.75, 3.05) is 13.2 Å². The Morgan fingerprint density at radius 3 is 2.38 bits per heavy atom. The summed E-state index contributed by atoms with van der Waals surface area (Å²) >= 11 is 5.56. The Balaban J connectivity index is 0.000000385. The molecule has 0 bridgehead atoms. The second-order valence-corrected chi connectivity index (χ2v) is 3.11. The Hall–Kier alpha value is -1.10. The van der Waals surface area contributed by atoms with Crippen LogP contribution < -0.4 is 0 Å². The molecular formula is C11H15ClO4. The van der Waals surface area contributed by atoms with Gasteiger partial charge in [-0.15, -0.1) is 0 Å². The fourth-order valence-corrected chi connectivity index (χ4v) is 1.06. The average molecular weight is 247 g/mol. The standard InChI is InChI=1S/C7H5ClO3.C4H10O/c8-6-3-1-2-5(4-6)7(9)11-10;1-3-5-4-2/h1-4,10H;3-4H2,1-2H3. The first-order valence-electron chi connectivity index (χ1n) is 4.84. The van der Waals surface area contributed by atoms with E-state index in [0.29, 0.717) is 5.02 Å². The summed E-state index contributed by atoms with van der Waals surface area (Å²) in [7, 11) is 0. The first kappa shape index (κ1) is 14.9. The van der Waals surface area contributed by atoms with Gasteiger partial charge < -0.3 is 4.74 Å². The minimum absolute atomic E-state index is 0.222. The third-order valence-electron chi connectivity index (χ3n) is 1.55. The van der Waals surface area contributed by atoms with Crippen molar-refractivity contribution in [1.29, 1.82) is 0 Å². The van der Waals surface area contributed by atoms with E-state index in [1.54, 1.807) is 12.1 Å². The molecule has 0 aliphatic carbocycles. The molecule has 0 fully saturated rings. The van der Waals surface area contributed by atoms with Crippen LogP contribution in [0.3, 0.4) is 0 Å². The fourth-order valence-electron chi connectivity index (χ4n) is 0.872. The van der Waals surface area contributed by atoms with Gasteiger partial charge in [0.25, 0.3) is 0 Å². The summed E-state index contributed by atoms with van der Waals surface area (Å²) in [6.07, 6.45) is 0. The highest BCUT2D eigenvalue weighted by atomic mass is 35.5. The van der Waals surface area contributed by atoms with Gasteiger partial charge in [-0.3, -0.25) is 4.89 Å². The third-order valence-corrected chi connectivity index (χ3v) is 1.79. The molecule has 0 saturated carbocycles. The third kappa shape index (κ3) is 6.40. The van der Waals surface area contributed by atoms with E-state index < -0.39 is 5.97 Å². The Morgan fingerprint density at radius 2 is 2.00 bits per heavy atom. The molecular weight excluding hydrogens is 232 g/mol. The van der Waals surface area contributed by atoms with Crippen LogP contribution in [-0.2, 0) is 9.62 Å². The quantitative estimate of drug-likeness (QED) is 0.658. The number of hydrogen-bond acceptors (Lipinski definition) is 4. The predicted molar refractivity (Wildman–Crippen MR) is 61.7 cm³/mol. The van der Waals surface area contributed by atoms with Crippen LogP contribution in [0, 0.1) is 0 Å². The molecule has 0 atom stereocenters.